The van der Waals surface area contributed by atoms with E-state index < -0.39 is 11.4 Å². The van der Waals surface area contributed by atoms with Gasteiger partial charge in [-0.05, 0) is 23.1 Å². The third-order valence-corrected chi connectivity index (χ3v) is 4.83. The van der Waals surface area contributed by atoms with E-state index in [2.05, 4.69) is 4.90 Å². The Bertz CT molecular complexity index is 681. The average Bonchev–Trinajstić information content (AvgIpc) is 3.01. The topological polar surface area (TPSA) is 79.3 Å². The lowest BCUT2D eigenvalue weighted by molar-refractivity contribution is -0.141. The SMILES string of the molecule is CC(C)(CC(=O)O)CC(=O)N1CCN(Cc2ccc3c(c2)OCO3)CC1. The van der Waals surface area contributed by atoms with Crippen LogP contribution in [0.2, 0.25) is 0 Å². The van der Waals surface area contributed by atoms with Gasteiger partial charge < -0.3 is 19.5 Å². The Kier molecular flexibility index (Phi) is 5.36. The van der Waals surface area contributed by atoms with Gasteiger partial charge in [-0.3, -0.25) is 14.5 Å². The van der Waals surface area contributed by atoms with E-state index in [-0.39, 0.29) is 25.5 Å². The maximum Gasteiger partial charge on any atom is 0.303 e. The van der Waals surface area contributed by atoms with E-state index >= 15 is 0 Å². The van der Waals surface area contributed by atoms with Gasteiger partial charge in [-0.2, -0.15) is 0 Å². The molecule has 0 unspecified atom stereocenters. The van der Waals surface area contributed by atoms with E-state index in [9.17, 15) is 9.59 Å². The largest absolute Gasteiger partial charge is 0.481 e. The van der Waals surface area contributed by atoms with Crippen LogP contribution in [0.4, 0.5) is 0 Å². The zero-order valence-corrected chi connectivity index (χ0v) is 15.4. The van der Waals surface area contributed by atoms with E-state index in [1.165, 1.54) is 0 Å². The van der Waals surface area contributed by atoms with Gasteiger partial charge in [0.25, 0.3) is 0 Å². The first-order valence-electron chi connectivity index (χ1n) is 8.93. The summed E-state index contributed by atoms with van der Waals surface area (Å²) in [5.41, 5.74) is 0.642. The van der Waals surface area contributed by atoms with Gasteiger partial charge >= 0.3 is 5.97 Å². The van der Waals surface area contributed by atoms with Crippen LogP contribution < -0.4 is 9.47 Å². The first-order chi connectivity index (χ1) is 12.3. The van der Waals surface area contributed by atoms with Crippen LogP contribution >= 0.6 is 0 Å². The number of carbonyl (C=O) groups excluding carboxylic acids is 1. The highest BCUT2D eigenvalue weighted by Crippen LogP contribution is 2.33. The lowest BCUT2D eigenvalue weighted by atomic mass is 9.85. The van der Waals surface area contributed by atoms with Crippen molar-refractivity contribution in [1.29, 1.82) is 0 Å². The van der Waals surface area contributed by atoms with Crippen molar-refractivity contribution in [3.8, 4) is 11.5 Å². The molecule has 0 atom stereocenters. The molecule has 0 aromatic heterocycles. The lowest BCUT2D eigenvalue weighted by Gasteiger charge is -2.36. The normalized spacial score (nSPS) is 17.4. The number of carboxylic acid groups (broad SMARTS) is 1. The van der Waals surface area contributed by atoms with Crippen molar-refractivity contribution in [2.75, 3.05) is 33.0 Å². The molecule has 1 saturated heterocycles. The molecule has 0 saturated carbocycles. The fraction of sp³-hybridized carbons (Fsp3) is 0.579. The molecule has 7 nitrogen and oxygen atoms in total. The molecule has 7 heteroatoms. The van der Waals surface area contributed by atoms with Crippen LogP contribution in [0.5, 0.6) is 11.5 Å². The molecule has 1 fully saturated rings. The van der Waals surface area contributed by atoms with Gasteiger partial charge in [0.1, 0.15) is 0 Å². The molecule has 142 valence electrons. The number of amides is 1. The fourth-order valence-electron chi connectivity index (χ4n) is 3.45. The number of aliphatic carboxylic acids is 1. The standard InChI is InChI=1S/C19H26N2O5/c1-19(2,11-18(23)24)10-17(22)21-7-5-20(6-8-21)12-14-3-4-15-16(9-14)26-13-25-15/h3-4,9H,5-8,10-13H2,1-2H3,(H,23,24). The van der Waals surface area contributed by atoms with Gasteiger partial charge in [0, 0.05) is 39.1 Å². The van der Waals surface area contributed by atoms with Gasteiger partial charge in [-0.15, -0.1) is 0 Å². The Morgan fingerprint density at radius 3 is 2.46 bits per heavy atom. The van der Waals surface area contributed by atoms with E-state index in [4.69, 9.17) is 14.6 Å². The summed E-state index contributed by atoms with van der Waals surface area (Å²) in [6.07, 6.45) is 0.268. The number of hydrogen-bond acceptors (Lipinski definition) is 5. The summed E-state index contributed by atoms with van der Waals surface area (Å²) in [6.45, 7) is 7.70. The number of rotatable bonds is 6. The molecule has 2 heterocycles. The van der Waals surface area contributed by atoms with E-state index in [0.717, 1.165) is 36.7 Å². The Labute approximate surface area is 153 Å². The molecule has 0 aliphatic carbocycles. The molecule has 2 aliphatic rings. The smallest absolute Gasteiger partial charge is 0.303 e. The molecular weight excluding hydrogens is 336 g/mol. The molecule has 1 amide bonds. The Hall–Kier alpha value is -2.28. The number of ether oxygens (including phenoxy) is 2. The molecule has 0 bridgehead atoms. The Morgan fingerprint density at radius 1 is 1.08 bits per heavy atom. The van der Waals surface area contributed by atoms with E-state index in [1.54, 1.807) is 0 Å². The van der Waals surface area contributed by atoms with Crippen molar-refractivity contribution < 1.29 is 24.2 Å². The van der Waals surface area contributed by atoms with Crippen molar-refractivity contribution in [1.82, 2.24) is 9.80 Å². The van der Waals surface area contributed by atoms with Crippen LogP contribution in [0, 0.1) is 5.41 Å². The molecule has 3 rings (SSSR count). The van der Waals surface area contributed by atoms with Crippen molar-refractivity contribution in [2.45, 2.75) is 33.2 Å². The van der Waals surface area contributed by atoms with Crippen LogP contribution in [0.15, 0.2) is 18.2 Å². The summed E-state index contributed by atoms with van der Waals surface area (Å²) in [6, 6.07) is 5.98. The number of nitrogens with zero attached hydrogens (tertiary/aromatic N) is 2. The zero-order chi connectivity index (χ0) is 18.7. The molecule has 0 radical (unpaired) electrons. The predicted octanol–water partition coefficient (Wildman–Crippen LogP) is 1.95. The van der Waals surface area contributed by atoms with Crippen LogP contribution in [0.3, 0.4) is 0 Å². The number of piperazine rings is 1. The highest BCUT2D eigenvalue weighted by Gasteiger charge is 2.29. The fourth-order valence-corrected chi connectivity index (χ4v) is 3.45. The number of carbonyl (C=O) groups is 2. The third-order valence-electron chi connectivity index (χ3n) is 4.83. The quantitative estimate of drug-likeness (QED) is 0.833. The minimum absolute atomic E-state index is 0.00280. The zero-order valence-electron chi connectivity index (χ0n) is 15.4. The molecule has 2 aliphatic heterocycles. The predicted molar refractivity (Wildman–Crippen MR) is 95.1 cm³/mol. The third kappa shape index (κ3) is 4.66. The van der Waals surface area contributed by atoms with Crippen LogP contribution in [-0.2, 0) is 16.1 Å². The van der Waals surface area contributed by atoms with Crippen molar-refractivity contribution in [2.24, 2.45) is 5.41 Å². The summed E-state index contributed by atoms with van der Waals surface area (Å²) in [7, 11) is 0. The highest BCUT2D eigenvalue weighted by atomic mass is 16.7. The molecule has 1 N–H and O–H groups in total. The molecular formula is C19H26N2O5. The molecule has 26 heavy (non-hydrogen) atoms. The van der Waals surface area contributed by atoms with Gasteiger partial charge in [0.2, 0.25) is 12.7 Å². The average molecular weight is 362 g/mol. The van der Waals surface area contributed by atoms with Crippen molar-refractivity contribution in [3.05, 3.63) is 23.8 Å². The first kappa shape index (κ1) is 18.5. The molecule has 1 aromatic carbocycles. The maximum atomic E-state index is 12.5. The van der Waals surface area contributed by atoms with Crippen molar-refractivity contribution in [3.63, 3.8) is 0 Å². The Balaban J connectivity index is 1.48. The maximum absolute atomic E-state index is 12.5. The van der Waals surface area contributed by atoms with Crippen LogP contribution in [0.25, 0.3) is 0 Å². The number of hydrogen-bond donors (Lipinski definition) is 1. The minimum Gasteiger partial charge on any atom is -0.481 e. The number of carboxylic acids is 1. The second-order valence-corrected chi connectivity index (χ2v) is 7.76. The lowest BCUT2D eigenvalue weighted by Crippen LogP contribution is -2.49. The van der Waals surface area contributed by atoms with Crippen LogP contribution in [-0.4, -0.2) is 59.8 Å². The molecule has 0 spiro atoms. The van der Waals surface area contributed by atoms with E-state index in [0.29, 0.717) is 13.1 Å². The molecule has 1 aromatic rings. The van der Waals surface area contributed by atoms with Gasteiger partial charge in [-0.1, -0.05) is 19.9 Å². The summed E-state index contributed by atoms with van der Waals surface area (Å²) in [4.78, 5) is 27.5. The monoisotopic (exact) mass is 362 g/mol. The van der Waals surface area contributed by atoms with Crippen molar-refractivity contribution >= 4 is 11.9 Å². The Morgan fingerprint density at radius 2 is 1.77 bits per heavy atom. The number of fused-ring (bicyclic) bond motifs is 1. The second-order valence-electron chi connectivity index (χ2n) is 7.76. The van der Waals surface area contributed by atoms with Crippen LogP contribution in [0.1, 0.15) is 32.3 Å². The second kappa shape index (κ2) is 7.53. The first-order valence-corrected chi connectivity index (χ1v) is 8.93. The summed E-state index contributed by atoms with van der Waals surface area (Å²) in [5, 5.41) is 8.96. The summed E-state index contributed by atoms with van der Waals surface area (Å²) >= 11 is 0. The highest BCUT2D eigenvalue weighted by molar-refractivity contribution is 5.78. The summed E-state index contributed by atoms with van der Waals surface area (Å²) in [5.74, 6) is 0.750. The number of benzene rings is 1. The van der Waals surface area contributed by atoms with Gasteiger partial charge in [-0.25, -0.2) is 0 Å². The summed E-state index contributed by atoms with van der Waals surface area (Å²) < 4.78 is 10.7. The minimum atomic E-state index is -0.864. The van der Waals surface area contributed by atoms with E-state index in [1.807, 2.05) is 36.9 Å². The van der Waals surface area contributed by atoms with Gasteiger partial charge in [0.15, 0.2) is 11.5 Å². The van der Waals surface area contributed by atoms with Gasteiger partial charge in [0.05, 0.1) is 6.42 Å².